The predicted molar refractivity (Wildman–Crippen MR) is 163 cm³/mol. The number of benzene rings is 2. The van der Waals surface area contributed by atoms with E-state index in [0.29, 0.717) is 33.5 Å². The van der Waals surface area contributed by atoms with Gasteiger partial charge < -0.3 is 14.4 Å². The van der Waals surface area contributed by atoms with Crippen LogP contribution in [-0.2, 0) is 34.1 Å². The normalized spacial score (nSPS) is 14.2. The maximum absolute atomic E-state index is 14.5. The van der Waals surface area contributed by atoms with Crippen LogP contribution < -0.4 is 0 Å². The number of nitrogens with zero attached hydrogens (tertiary/aromatic N) is 1. The molecular weight excluding hydrogens is 563 g/mol. The van der Waals surface area contributed by atoms with Crippen LogP contribution in [-0.4, -0.2) is 32.7 Å². The van der Waals surface area contributed by atoms with Crippen molar-refractivity contribution in [2.45, 2.75) is 46.8 Å². The fraction of sp³-hybridized carbons (Fsp3) is 0.303. The Labute approximate surface area is 249 Å². The maximum Gasteiger partial charge on any atom is 0.307 e. The third kappa shape index (κ3) is 10.4. The van der Waals surface area contributed by atoms with Gasteiger partial charge in [-0.05, 0) is 59.4 Å². The number of ether oxygens (including phenoxy) is 1. The molecular formula is C33H38F3NO4S. The van der Waals surface area contributed by atoms with E-state index in [0.717, 1.165) is 5.56 Å². The lowest BCUT2D eigenvalue weighted by atomic mass is 9.88. The van der Waals surface area contributed by atoms with Gasteiger partial charge in [0.05, 0.1) is 54.9 Å². The molecule has 0 fully saturated rings. The summed E-state index contributed by atoms with van der Waals surface area (Å²) in [6.07, 6.45) is 3.89. The van der Waals surface area contributed by atoms with Crippen molar-refractivity contribution in [1.29, 1.82) is 0 Å². The molecule has 0 aromatic heterocycles. The number of aliphatic carboxylic acids is 1. The van der Waals surface area contributed by atoms with E-state index >= 15 is 0 Å². The van der Waals surface area contributed by atoms with Crippen LogP contribution in [0.25, 0.3) is 5.57 Å². The number of hydrogen-bond acceptors (Lipinski definition) is 4. The van der Waals surface area contributed by atoms with Crippen LogP contribution in [0, 0.1) is 11.7 Å². The summed E-state index contributed by atoms with van der Waals surface area (Å²) in [6, 6.07) is 13.5. The Bertz CT molecular complexity index is 1350. The highest BCUT2D eigenvalue weighted by molar-refractivity contribution is 7.88. The molecule has 0 saturated heterocycles. The minimum absolute atomic E-state index is 0.00302. The Hall–Kier alpha value is -3.53. The molecule has 0 amide bonds. The second-order valence-electron chi connectivity index (χ2n) is 9.80. The van der Waals surface area contributed by atoms with Gasteiger partial charge in [-0.2, -0.15) is 4.31 Å². The zero-order chi connectivity index (χ0) is 31.4. The van der Waals surface area contributed by atoms with E-state index in [-0.39, 0.29) is 32.6 Å². The molecule has 5 nitrogen and oxygen atoms in total. The third-order valence-corrected chi connectivity index (χ3v) is 7.54. The Balaban J connectivity index is 2.70. The van der Waals surface area contributed by atoms with Gasteiger partial charge in [0.1, 0.15) is 12.1 Å². The molecule has 0 saturated carbocycles. The number of hydrogen-bond donors (Lipinski definition) is 1. The molecule has 226 valence electrons. The highest BCUT2D eigenvalue weighted by Crippen LogP contribution is 2.36. The third-order valence-electron chi connectivity index (χ3n) is 6.57. The molecule has 1 N–H and O–H groups in total. The summed E-state index contributed by atoms with van der Waals surface area (Å²) < 4.78 is 63.1. The van der Waals surface area contributed by atoms with Crippen molar-refractivity contribution in [3.05, 3.63) is 125 Å². The zero-order valence-electron chi connectivity index (χ0n) is 24.5. The van der Waals surface area contributed by atoms with Gasteiger partial charge in [-0.1, -0.05) is 68.6 Å². The molecule has 0 spiro atoms. The van der Waals surface area contributed by atoms with Crippen LogP contribution in [0.2, 0.25) is 0 Å². The average molecular weight is 602 g/mol. The molecule has 2 aromatic carbocycles. The summed E-state index contributed by atoms with van der Waals surface area (Å²) >= 11 is -1.63. The molecule has 0 aliphatic heterocycles. The average Bonchev–Trinajstić information content (AvgIpc) is 2.93. The molecule has 0 heterocycles. The Morgan fingerprint density at radius 3 is 2.38 bits per heavy atom. The zero-order valence-corrected chi connectivity index (χ0v) is 25.3. The van der Waals surface area contributed by atoms with Gasteiger partial charge in [0.2, 0.25) is 0 Å². The van der Waals surface area contributed by atoms with Gasteiger partial charge in [0.15, 0.2) is 0 Å². The molecule has 2 aromatic rings. The Kier molecular flexibility index (Phi) is 13.9. The van der Waals surface area contributed by atoms with Crippen LogP contribution in [0.1, 0.15) is 50.3 Å². The van der Waals surface area contributed by atoms with Crippen molar-refractivity contribution < 1.29 is 32.4 Å². The van der Waals surface area contributed by atoms with E-state index in [1.54, 1.807) is 26.8 Å². The molecule has 0 radical (unpaired) electrons. The lowest BCUT2D eigenvalue weighted by Crippen LogP contribution is -2.34. The molecule has 2 unspecified atom stereocenters. The predicted octanol–water partition coefficient (Wildman–Crippen LogP) is 8.21. The minimum atomic E-state index is -1.63. The van der Waals surface area contributed by atoms with Crippen molar-refractivity contribution >= 4 is 22.9 Å². The smallest absolute Gasteiger partial charge is 0.307 e. The quantitative estimate of drug-likeness (QED) is 0.155. The topological polar surface area (TPSA) is 72.8 Å². The first-order valence-electron chi connectivity index (χ1n) is 13.3. The molecule has 0 aliphatic rings. The van der Waals surface area contributed by atoms with E-state index < -0.39 is 40.7 Å². The number of allylic oxidation sites excluding steroid dienone is 5. The van der Waals surface area contributed by atoms with Crippen LogP contribution in [0.5, 0.6) is 0 Å². The van der Waals surface area contributed by atoms with Crippen molar-refractivity contribution in [2.75, 3.05) is 12.8 Å². The SMILES string of the molecule is C=C(F)CC(/C(=C/C)N(CC(C)C(=C)F)[S+](C)[O-])=C(C)/C(=C/CC(=O)O)c1ccc(F)cc1COCc1ccccc1. The number of carboxylic acids is 1. The lowest BCUT2D eigenvalue weighted by Gasteiger charge is -2.30. The van der Waals surface area contributed by atoms with E-state index in [1.807, 2.05) is 30.3 Å². The van der Waals surface area contributed by atoms with Gasteiger partial charge >= 0.3 is 5.97 Å². The number of carbonyl (C=O) groups is 1. The fourth-order valence-electron chi connectivity index (χ4n) is 4.38. The highest BCUT2D eigenvalue weighted by atomic mass is 32.2. The summed E-state index contributed by atoms with van der Waals surface area (Å²) in [6.45, 7) is 12.0. The second kappa shape index (κ2) is 16.8. The first-order valence-corrected chi connectivity index (χ1v) is 14.8. The van der Waals surface area contributed by atoms with Crippen molar-refractivity contribution in [1.82, 2.24) is 4.31 Å². The monoisotopic (exact) mass is 601 g/mol. The highest BCUT2D eigenvalue weighted by Gasteiger charge is 2.27. The summed E-state index contributed by atoms with van der Waals surface area (Å²) in [5.41, 5.74) is 3.49. The Morgan fingerprint density at radius 2 is 1.83 bits per heavy atom. The summed E-state index contributed by atoms with van der Waals surface area (Å²) in [7, 11) is 0. The molecule has 0 bridgehead atoms. The van der Waals surface area contributed by atoms with Crippen LogP contribution >= 0.6 is 0 Å². The summed E-state index contributed by atoms with van der Waals surface area (Å²) in [5, 5.41) is 9.50. The molecule has 42 heavy (non-hydrogen) atoms. The van der Waals surface area contributed by atoms with Gasteiger partial charge in [-0.25, -0.2) is 13.2 Å². The van der Waals surface area contributed by atoms with Gasteiger partial charge in [0.25, 0.3) is 0 Å². The largest absolute Gasteiger partial charge is 0.593 e. The van der Waals surface area contributed by atoms with Crippen molar-refractivity contribution in [3.63, 3.8) is 0 Å². The van der Waals surface area contributed by atoms with E-state index in [4.69, 9.17) is 4.74 Å². The fourth-order valence-corrected chi connectivity index (χ4v) is 5.31. The molecule has 2 atom stereocenters. The van der Waals surface area contributed by atoms with Crippen molar-refractivity contribution in [3.8, 4) is 0 Å². The standard InChI is InChI=1S/C33H38F3NO4S/c1-7-32(37(42(6)40)19-22(2)25(5)35)31(17-23(3)34)24(4)29(15-16-33(38)39)30-14-13-28(36)18-27(30)21-41-20-26-11-9-8-10-12-26/h7-15,18,22H,3,5,16-17,19-21H2,1-2,4,6H3,(H,38,39)/b29-15-,31-24-,32-7-. The van der Waals surface area contributed by atoms with Gasteiger partial charge in [-0.3, -0.25) is 4.79 Å². The lowest BCUT2D eigenvalue weighted by molar-refractivity contribution is -0.136. The van der Waals surface area contributed by atoms with Crippen LogP contribution in [0.4, 0.5) is 13.2 Å². The van der Waals surface area contributed by atoms with Gasteiger partial charge in [0, 0.05) is 12.3 Å². The van der Waals surface area contributed by atoms with Gasteiger partial charge in [-0.15, -0.1) is 0 Å². The number of carboxylic acid groups (broad SMARTS) is 1. The Morgan fingerprint density at radius 1 is 1.17 bits per heavy atom. The maximum atomic E-state index is 14.5. The van der Waals surface area contributed by atoms with Crippen molar-refractivity contribution in [2.24, 2.45) is 5.92 Å². The van der Waals surface area contributed by atoms with Crippen LogP contribution in [0.3, 0.4) is 0 Å². The first-order chi connectivity index (χ1) is 19.8. The first kappa shape index (κ1) is 34.7. The number of rotatable bonds is 16. The molecule has 0 aliphatic carbocycles. The second-order valence-corrected chi connectivity index (χ2v) is 11.1. The van der Waals surface area contributed by atoms with E-state index in [2.05, 4.69) is 13.2 Å². The minimum Gasteiger partial charge on any atom is -0.593 e. The van der Waals surface area contributed by atoms with E-state index in [1.165, 1.54) is 34.8 Å². The van der Waals surface area contributed by atoms with Crippen LogP contribution in [0.15, 0.2) is 102 Å². The molecule has 9 heteroatoms. The van der Waals surface area contributed by atoms with E-state index in [9.17, 15) is 27.6 Å². The summed E-state index contributed by atoms with van der Waals surface area (Å²) in [4.78, 5) is 11.6. The molecule has 2 rings (SSSR count). The summed E-state index contributed by atoms with van der Waals surface area (Å²) in [5.74, 6) is -3.55. The number of halogens is 3.